The van der Waals surface area contributed by atoms with E-state index in [4.69, 9.17) is 23.2 Å². The molecule has 0 bridgehead atoms. The number of phenolic OH excluding ortho intramolecular Hbond substituents is 1. The molecule has 0 radical (unpaired) electrons. The summed E-state index contributed by atoms with van der Waals surface area (Å²) in [5, 5.41) is 12.3. The number of hydrogen-bond donors (Lipinski definition) is 2. The van der Waals surface area contributed by atoms with Crippen LogP contribution in [0.3, 0.4) is 0 Å². The molecular weight excluding hydrogens is 342 g/mol. The molecule has 0 aliphatic carbocycles. The van der Waals surface area contributed by atoms with Crippen LogP contribution in [0.25, 0.3) is 0 Å². The predicted molar refractivity (Wildman–Crippen MR) is 89.6 cm³/mol. The second-order valence-electron chi connectivity index (χ2n) is 5.15. The fourth-order valence-electron chi connectivity index (χ4n) is 2.20. The first-order valence-electron chi connectivity index (χ1n) is 6.71. The van der Waals surface area contributed by atoms with Crippen LogP contribution in [-0.2, 0) is 4.79 Å². The smallest absolute Gasteiger partial charge is 0.246 e. The van der Waals surface area contributed by atoms with Crippen molar-refractivity contribution in [2.45, 2.75) is 6.04 Å². The number of phenols is 1. The van der Waals surface area contributed by atoms with Crippen LogP contribution < -0.4 is 5.32 Å². The topological polar surface area (TPSA) is 52.6 Å². The lowest BCUT2D eigenvalue weighted by Gasteiger charge is -2.25. The second kappa shape index (κ2) is 7.17. The Morgan fingerprint density at radius 2 is 1.91 bits per heavy atom. The Balaban J connectivity index is 2.36. The van der Waals surface area contributed by atoms with Crippen molar-refractivity contribution in [3.05, 3.63) is 57.8 Å². The molecule has 4 nitrogen and oxygen atoms in total. The number of likely N-dealkylation sites (N-methyl/N-ethyl adjacent to an activating group) is 1. The molecule has 1 unspecified atom stereocenters. The maximum atomic E-state index is 14.1. The lowest BCUT2D eigenvalue weighted by atomic mass is 10.0. The van der Waals surface area contributed by atoms with Gasteiger partial charge in [-0.25, -0.2) is 4.39 Å². The van der Waals surface area contributed by atoms with E-state index in [-0.39, 0.29) is 21.4 Å². The molecule has 0 aliphatic rings. The van der Waals surface area contributed by atoms with E-state index >= 15 is 0 Å². The number of anilines is 1. The van der Waals surface area contributed by atoms with Gasteiger partial charge in [-0.3, -0.25) is 9.69 Å². The molecule has 122 valence electrons. The van der Waals surface area contributed by atoms with E-state index in [1.807, 2.05) is 0 Å². The average Bonchev–Trinajstić information content (AvgIpc) is 2.45. The van der Waals surface area contributed by atoms with Gasteiger partial charge < -0.3 is 10.4 Å². The van der Waals surface area contributed by atoms with Crippen LogP contribution in [0.15, 0.2) is 36.4 Å². The summed E-state index contributed by atoms with van der Waals surface area (Å²) in [4.78, 5) is 14.1. The van der Waals surface area contributed by atoms with Crippen molar-refractivity contribution >= 4 is 34.8 Å². The molecule has 1 atom stereocenters. The highest BCUT2D eigenvalue weighted by Crippen LogP contribution is 2.31. The Kier molecular flexibility index (Phi) is 5.46. The largest absolute Gasteiger partial charge is 0.508 e. The van der Waals surface area contributed by atoms with E-state index in [0.29, 0.717) is 5.69 Å². The molecule has 0 aromatic heterocycles. The van der Waals surface area contributed by atoms with E-state index in [2.05, 4.69) is 5.32 Å². The summed E-state index contributed by atoms with van der Waals surface area (Å²) >= 11 is 12.0. The van der Waals surface area contributed by atoms with Crippen LogP contribution in [0, 0.1) is 5.82 Å². The van der Waals surface area contributed by atoms with Gasteiger partial charge >= 0.3 is 0 Å². The zero-order valence-electron chi connectivity index (χ0n) is 12.5. The number of aromatic hydroxyl groups is 1. The van der Waals surface area contributed by atoms with Crippen molar-refractivity contribution in [2.75, 3.05) is 19.4 Å². The van der Waals surface area contributed by atoms with Crippen LogP contribution in [0.1, 0.15) is 11.6 Å². The third-order valence-corrected chi connectivity index (χ3v) is 3.89. The van der Waals surface area contributed by atoms with Gasteiger partial charge in [-0.05, 0) is 38.4 Å². The third kappa shape index (κ3) is 3.93. The molecule has 0 aliphatic heterocycles. The highest BCUT2D eigenvalue weighted by atomic mass is 35.5. The van der Waals surface area contributed by atoms with Gasteiger partial charge in [0.1, 0.15) is 17.6 Å². The summed E-state index contributed by atoms with van der Waals surface area (Å²) < 4.78 is 14.1. The highest BCUT2D eigenvalue weighted by molar-refractivity contribution is 6.34. The Hall–Kier alpha value is -1.82. The molecule has 7 heteroatoms. The highest BCUT2D eigenvalue weighted by Gasteiger charge is 2.28. The molecule has 0 saturated carbocycles. The normalized spacial score (nSPS) is 12.3. The van der Waals surface area contributed by atoms with Crippen molar-refractivity contribution in [3.8, 4) is 5.75 Å². The summed E-state index contributed by atoms with van der Waals surface area (Å²) in [5.41, 5.74) is 0.403. The molecule has 23 heavy (non-hydrogen) atoms. The van der Waals surface area contributed by atoms with Gasteiger partial charge in [0.05, 0.1) is 10.7 Å². The Labute approximate surface area is 143 Å². The zero-order chi connectivity index (χ0) is 17.1. The standard InChI is InChI=1S/C16H15Cl2FN2O2/c1-21(2)15(14-10(17)4-3-5-12(14)19)16(23)20-13-7-6-9(22)8-11(13)18/h3-8,15,22H,1-2H3,(H,20,23). The van der Waals surface area contributed by atoms with Crippen molar-refractivity contribution in [1.82, 2.24) is 4.90 Å². The summed E-state index contributed by atoms with van der Waals surface area (Å²) in [6, 6.07) is 7.47. The molecule has 0 heterocycles. The summed E-state index contributed by atoms with van der Waals surface area (Å²) in [6.07, 6.45) is 0. The fraction of sp³-hybridized carbons (Fsp3) is 0.188. The number of halogens is 3. The van der Waals surface area contributed by atoms with Gasteiger partial charge in [0.25, 0.3) is 0 Å². The van der Waals surface area contributed by atoms with Crippen LogP contribution >= 0.6 is 23.2 Å². The minimum Gasteiger partial charge on any atom is -0.508 e. The molecule has 0 saturated heterocycles. The summed E-state index contributed by atoms with van der Waals surface area (Å²) in [6.45, 7) is 0. The fourth-order valence-corrected chi connectivity index (χ4v) is 2.69. The van der Waals surface area contributed by atoms with Crippen molar-refractivity contribution < 1.29 is 14.3 Å². The van der Waals surface area contributed by atoms with Crippen molar-refractivity contribution in [3.63, 3.8) is 0 Å². The number of rotatable bonds is 4. The zero-order valence-corrected chi connectivity index (χ0v) is 14.0. The van der Waals surface area contributed by atoms with Gasteiger partial charge in [0.2, 0.25) is 5.91 Å². The Bertz CT molecular complexity index is 718. The molecule has 1 amide bonds. The van der Waals surface area contributed by atoms with Crippen LogP contribution in [-0.4, -0.2) is 30.0 Å². The van der Waals surface area contributed by atoms with Crippen molar-refractivity contribution in [2.24, 2.45) is 0 Å². The quantitative estimate of drug-likeness (QED) is 0.811. The first kappa shape index (κ1) is 17.5. The predicted octanol–water partition coefficient (Wildman–Crippen LogP) is 4.08. The summed E-state index contributed by atoms with van der Waals surface area (Å²) in [7, 11) is 3.29. The number of nitrogens with zero attached hydrogens (tertiary/aromatic N) is 1. The number of nitrogens with one attached hydrogen (secondary N) is 1. The molecule has 2 aromatic carbocycles. The van der Waals surface area contributed by atoms with E-state index in [0.717, 1.165) is 0 Å². The summed E-state index contributed by atoms with van der Waals surface area (Å²) in [5.74, 6) is -1.08. The van der Waals surface area contributed by atoms with Gasteiger partial charge in [-0.15, -0.1) is 0 Å². The van der Waals surface area contributed by atoms with Crippen LogP contribution in [0.5, 0.6) is 5.75 Å². The van der Waals surface area contributed by atoms with Gasteiger partial charge in [0.15, 0.2) is 0 Å². The van der Waals surface area contributed by atoms with Crippen LogP contribution in [0.4, 0.5) is 10.1 Å². The third-order valence-electron chi connectivity index (χ3n) is 3.25. The molecular formula is C16H15Cl2FN2O2. The lowest BCUT2D eigenvalue weighted by Crippen LogP contribution is -2.33. The number of benzene rings is 2. The average molecular weight is 357 g/mol. The van der Waals surface area contributed by atoms with Crippen LogP contribution in [0.2, 0.25) is 10.0 Å². The van der Waals surface area contributed by atoms with Crippen molar-refractivity contribution in [1.29, 1.82) is 0 Å². The van der Waals surface area contributed by atoms with Gasteiger partial charge in [0, 0.05) is 16.7 Å². The number of carbonyl (C=O) groups excluding carboxylic acids is 1. The molecule has 2 aromatic rings. The number of carbonyl (C=O) groups is 1. The Morgan fingerprint density at radius 1 is 1.22 bits per heavy atom. The maximum Gasteiger partial charge on any atom is 0.246 e. The lowest BCUT2D eigenvalue weighted by molar-refractivity contribution is -0.120. The van der Waals surface area contributed by atoms with Gasteiger partial charge in [-0.2, -0.15) is 0 Å². The van der Waals surface area contributed by atoms with E-state index in [1.165, 1.54) is 36.4 Å². The van der Waals surface area contributed by atoms with E-state index in [1.54, 1.807) is 19.0 Å². The molecule has 0 fully saturated rings. The van der Waals surface area contributed by atoms with E-state index < -0.39 is 17.8 Å². The molecule has 2 rings (SSSR count). The first-order chi connectivity index (χ1) is 10.8. The SMILES string of the molecule is CN(C)C(C(=O)Nc1ccc(O)cc1Cl)c1c(F)cccc1Cl. The monoisotopic (exact) mass is 356 g/mol. The van der Waals surface area contributed by atoms with E-state index in [9.17, 15) is 14.3 Å². The molecule has 2 N–H and O–H groups in total. The number of amides is 1. The molecule has 0 spiro atoms. The minimum absolute atomic E-state index is 0.0192. The number of hydrogen-bond acceptors (Lipinski definition) is 3. The Morgan fingerprint density at radius 3 is 2.48 bits per heavy atom. The van der Waals surface area contributed by atoms with Gasteiger partial charge in [-0.1, -0.05) is 29.3 Å². The first-order valence-corrected chi connectivity index (χ1v) is 7.46. The minimum atomic E-state index is -0.937. The maximum absolute atomic E-state index is 14.1. The second-order valence-corrected chi connectivity index (χ2v) is 5.97.